The molecule has 15 heavy (non-hydrogen) atoms. The topological polar surface area (TPSA) is 37.0 Å². The van der Waals surface area contributed by atoms with Crippen molar-refractivity contribution in [1.29, 1.82) is 0 Å². The summed E-state index contributed by atoms with van der Waals surface area (Å²) in [6.07, 6.45) is 1.65. The van der Waals surface area contributed by atoms with Gasteiger partial charge in [-0.05, 0) is 18.2 Å². The van der Waals surface area contributed by atoms with Gasteiger partial charge in [-0.2, -0.15) is 0 Å². The smallest absolute Gasteiger partial charge is 0.145 e. The first kappa shape index (κ1) is 9.80. The van der Waals surface area contributed by atoms with E-state index < -0.39 is 0 Å². The molecule has 4 heteroatoms. The Balaban J connectivity index is 1.99. The second-order valence-electron chi connectivity index (χ2n) is 2.98. The number of para-hydroxylation sites is 1. The lowest BCUT2D eigenvalue weighted by Gasteiger charge is -2.08. The Morgan fingerprint density at radius 2 is 1.80 bits per heavy atom. The zero-order valence-electron chi connectivity index (χ0n) is 7.94. The molecular weight excluding hydrogens is 210 g/mol. The van der Waals surface area contributed by atoms with Crippen LogP contribution in [0.3, 0.4) is 0 Å². The molecule has 3 nitrogen and oxygen atoms in total. The zero-order valence-corrected chi connectivity index (χ0v) is 8.70. The Morgan fingerprint density at radius 1 is 1.00 bits per heavy atom. The molecule has 0 aliphatic rings. The molecule has 0 aliphatic carbocycles. The number of nitrogens with one attached hydrogen (secondary N) is 2. The largest absolute Gasteiger partial charge is 0.300 e. The fraction of sp³-hybridized carbons (Fsp3) is 0. The van der Waals surface area contributed by atoms with E-state index in [0.29, 0.717) is 10.8 Å². The Morgan fingerprint density at radius 3 is 2.53 bits per heavy atom. The maximum absolute atomic E-state index is 5.82. The number of pyridine rings is 1. The van der Waals surface area contributed by atoms with E-state index in [-0.39, 0.29) is 0 Å². The maximum atomic E-state index is 5.82. The van der Waals surface area contributed by atoms with Crippen molar-refractivity contribution in [2.45, 2.75) is 0 Å². The fourth-order valence-corrected chi connectivity index (χ4v) is 1.29. The van der Waals surface area contributed by atoms with Crippen molar-refractivity contribution in [3.63, 3.8) is 0 Å². The molecule has 0 radical (unpaired) electrons. The second-order valence-corrected chi connectivity index (χ2v) is 3.41. The maximum Gasteiger partial charge on any atom is 0.145 e. The van der Waals surface area contributed by atoms with E-state index >= 15 is 0 Å². The first-order chi connectivity index (χ1) is 7.34. The molecule has 1 aromatic carbocycles. The van der Waals surface area contributed by atoms with Gasteiger partial charge in [0.1, 0.15) is 5.82 Å². The molecule has 0 aliphatic heterocycles. The summed E-state index contributed by atoms with van der Waals surface area (Å²) in [6.45, 7) is 0. The molecule has 0 spiro atoms. The van der Waals surface area contributed by atoms with E-state index in [1.54, 1.807) is 18.3 Å². The van der Waals surface area contributed by atoms with Gasteiger partial charge in [0.05, 0.1) is 5.69 Å². The van der Waals surface area contributed by atoms with Gasteiger partial charge in [0.25, 0.3) is 0 Å². The van der Waals surface area contributed by atoms with Crippen molar-refractivity contribution in [2.24, 2.45) is 0 Å². The number of nitrogens with zero attached hydrogens (tertiary/aromatic N) is 1. The third-order valence-electron chi connectivity index (χ3n) is 1.83. The van der Waals surface area contributed by atoms with Crippen LogP contribution >= 0.6 is 11.6 Å². The second kappa shape index (κ2) is 4.66. The van der Waals surface area contributed by atoms with Crippen molar-refractivity contribution in [3.05, 3.63) is 53.7 Å². The molecule has 0 bridgehead atoms. The summed E-state index contributed by atoms with van der Waals surface area (Å²) in [4.78, 5) is 4.10. The van der Waals surface area contributed by atoms with E-state index in [0.717, 1.165) is 5.69 Å². The Kier molecular flexibility index (Phi) is 3.05. The normalized spacial score (nSPS) is 9.67. The van der Waals surface area contributed by atoms with Crippen LogP contribution in [-0.2, 0) is 0 Å². The SMILES string of the molecule is Clc1ccnc(NNc2ccccc2)c1. The number of halogens is 1. The van der Waals surface area contributed by atoms with Crippen molar-refractivity contribution in [2.75, 3.05) is 10.9 Å². The van der Waals surface area contributed by atoms with E-state index in [1.165, 1.54) is 0 Å². The minimum Gasteiger partial charge on any atom is -0.300 e. The van der Waals surface area contributed by atoms with Crippen LogP contribution in [0.25, 0.3) is 0 Å². The van der Waals surface area contributed by atoms with Crippen LogP contribution < -0.4 is 10.9 Å². The summed E-state index contributed by atoms with van der Waals surface area (Å²) in [5, 5.41) is 0.655. The van der Waals surface area contributed by atoms with Crippen molar-refractivity contribution >= 4 is 23.1 Å². The highest BCUT2D eigenvalue weighted by Gasteiger charge is 1.93. The number of hydrogen-bond donors (Lipinski definition) is 2. The molecule has 76 valence electrons. The summed E-state index contributed by atoms with van der Waals surface area (Å²) < 4.78 is 0. The highest BCUT2D eigenvalue weighted by Crippen LogP contribution is 2.12. The van der Waals surface area contributed by atoms with E-state index in [4.69, 9.17) is 11.6 Å². The summed E-state index contributed by atoms with van der Waals surface area (Å²) in [7, 11) is 0. The molecule has 0 atom stereocenters. The lowest BCUT2D eigenvalue weighted by molar-refractivity contribution is 1.26. The lowest BCUT2D eigenvalue weighted by Crippen LogP contribution is -2.09. The number of hydrogen-bond acceptors (Lipinski definition) is 3. The Hall–Kier alpha value is -1.74. The summed E-state index contributed by atoms with van der Waals surface area (Å²) >= 11 is 5.82. The van der Waals surface area contributed by atoms with E-state index in [1.807, 2.05) is 30.3 Å². The molecule has 2 rings (SSSR count). The van der Waals surface area contributed by atoms with E-state index in [2.05, 4.69) is 15.8 Å². The average Bonchev–Trinajstić information content (AvgIpc) is 2.28. The van der Waals surface area contributed by atoms with Crippen LogP contribution in [0.5, 0.6) is 0 Å². The number of aromatic nitrogens is 1. The molecule has 2 N–H and O–H groups in total. The van der Waals surface area contributed by atoms with Gasteiger partial charge in [-0.3, -0.25) is 10.9 Å². The van der Waals surface area contributed by atoms with Crippen LogP contribution in [0.4, 0.5) is 11.5 Å². The van der Waals surface area contributed by atoms with Gasteiger partial charge < -0.3 is 0 Å². The minimum absolute atomic E-state index is 0.655. The molecule has 1 heterocycles. The van der Waals surface area contributed by atoms with Crippen LogP contribution in [0, 0.1) is 0 Å². The number of anilines is 2. The highest BCUT2D eigenvalue weighted by atomic mass is 35.5. The highest BCUT2D eigenvalue weighted by molar-refractivity contribution is 6.30. The minimum atomic E-state index is 0.655. The van der Waals surface area contributed by atoms with Gasteiger partial charge in [0.15, 0.2) is 0 Å². The molecule has 0 saturated carbocycles. The number of hydrazine groups is 1. The standard InChI is InChI=1S/C11H10ClN3/c12-9-6-7-13-11(8-9)15-14-10-4-2-1-3-5-10/h1-8,14H,(H,13,15). The lowest BCUT2D eigenvalue weighted by atomic mass is 10.3. The van der Waals surface area contributed by atoms with Crippen LogP contribution in [0.2, 0.25) is 5.02 Å². The summed E-state index contributed by atoms with van der Waals surface area (Å²) in [5.41, 5.74) is 6.94. The van der Waals surface area contributed by atoms with Crippen LogP contribution in [-0.4, -0.2) is 4.98 Å². The molecule has 0 amide bonds. The fourth-order valence-electron chi connectivity index (χ4n) is 1.13. The Labute approximate surface area is 93.1 Å². The third-order valence-corrected chi connectivity index (χ3v) is 2.07. The monoisotopic (exact) mass is 219 g/mol. The first-order valence-corrected chi connectivity index (χ1v) is 4.91. The first-order valence-electron chi connectivity index (χ1n) is 4.53. The molecule has 0 unspecified atom stereocenters. The van der Waals surface area contributed by atoms with Crippen molar-refractivity contribution < 1.29 is 0 Å². The van der Waals surface area contributed by atoms with Crippen molar-refractivity contribution in [3.8, 4) is 0 Å². The predicted octanol–water partition coefficient (Wildman–Crippen LogP) is 3.17. The molecule has 0 fully saturated rings. The van der Waals surface area contributed by atoms with Gasteiger partial charge in [0.2, 0.25) is 0 Å². The molecule has 2 aromatic rings. The summed E-state index contributed by atoms with van der Waals surface area (Å²) in [5.74, 6) is 0.686. The van der Waals surface area contributed by atoms with Gasteiger partial charge in [-0.1, -0.05) is 29.8 Å². The van der Waals surface area contributed by atoms with Gasteiger partial charge in [-0.25, -0.2) is 4.98 Å². The predicted molar refractivity (Wildman–Crippen MR) is 62.9 cm³/mol. The quantitative estimate of drug-likeness (QED) is 0.779. The van der Waals surface area contributed by atoms with Crippen LogP contribution in [0.1, 0.15) is 0 Å². The average molecular weight is 220 g/mol. The third kappa shape index (κ3) is 2.86. The molecule has 1 aromatic heterocycles. The van der Waals surface area contributed by atoms with Crippen molar-refractivity contribution in [1.82, 2.24) is 4.98 Å². The molecular formula is C11H10ClN3. The van der Waals surface area contributed by atoms with Gasteiger partial charge in [-0.15, -0.1) is 0 Å². The Bertz CT molecular complexity index is 431. The number of benzene rings is 1. The van der Waals surface area contributed by atoms with Gasteiger partial charge in [0, 0.05) is 17.3 Å². The number of rotatable bonds is 3. The van der Waals surface area contributed by atoms with E-state index in [9.17, 15) is 0 Å². The van der Waals surface area contributed by atoms with Gasteiger partial charge >= 0.3 is 0 Å². The zero-order chi connectivity index (χ0) is 10.5. The molecule has 0 saturated heterocycles. The van der Waals surface area contributed by atoms with Crippen LogP contribution in [0.15, 0.2) is 48.7 Å². The summed E-state index contributed by atoms with van der Waals surface area (Å²) in [6, 6.07) is 13.3.